The average Bonchev–Trinajstić information content (AvgIpc) is 2.47. The zero-order valence-corrected chi connectivity index (χ0v) is 15.4. The molecule has 0 spiro atoms. The van der Waals surface area contributed by atoms with Crippen LogP contribution in [-0.2, 0) is 9.59 Å². The standard InChI is InChI=1S/C16H30O4S2/c1-3-21-11-5-7-13(15(17)18)9-10-14(16(19)20)8-6-12-22-4-2/h13-14H,3-12H2,1-2H3,(H,17,18)(H,19,20)/t13-,14-/m1/s1. The van der Waals surface area contributed by atoms with Gasteiger partial charge in [-0.15, -0.1) is 0 Å². The molecule has 0 radical (unpaired) electrons. The minimum absolute atomic E-state index is 0.399. The highest BCUT2D eigenvalue weighted by Gasteiger charge is 2.22. The number of carboxylic acid groups (broad SMARTS) is 2. The summed E-state index contributed by atoms with van der Waals surface area (Å²) < 4.78 is 0. The lowest BCUT2D eigenvalue weighted by Crippen LogP contribution is -2.19. The number of hydrogen-bond acceptors (Lipinski definition) is 4. The van der Waals surface area contributed by atoms with Crippen molar-refractivity contribution in [2.45, 2.75) is 52.4 Å². The fraction of sp³-hybridized carbons (Fsp3) is 0.875. The lowest BCUT2D eigenvalue weighted by atomic mass is 9.90. The Balaban J connectivity index is 4.15. The molecule has 0 aliphatic rings. The van der Waals surface area contributed by atoms with Crippen molar-refractivity contribution in [1.82, 2.24) is 0 Å². The van der Waals surface area contributed by atoms with E-state index in [-0.39, 0.29) is 0 Å². The van der Waals surface area contributed by atoms with Crippen LogP contribution in [0.3, 0.4) is 0 Å². The molecule has 0 heterocycles. The molecule has 0 aliphatic heterocycles. The van der Waals surface area contributed by atoms with E-state index < -0.39 is 23.8 Å². The Morgan fingerprint density at radius 1 is 0.773 bits per heavy atom. The SMILES string of the molecule is CCSCCC[C@H](CC[C@@H](CCCSCC)C(=O)O)C(=O)O. The molecule has 0 aromatic carbocycles. The van der Waals surface area contributed by atoms with Gasteiger partial charge in [-0.3, -0.25) is 9.59 Å². The van der Waals surface area contributed by atoms with Gasteiger partial charge in [-0.2, -0.15) is 23.5 Å². The van der Waals surface area contributed by atoms with Crippen LogP contribution in [0.2, 0.25) is 0 Å². The van der Waals surface area contributed by atoms with Gasteiger partial charge in [0.1, 0.15) is 0 Å². The van der Waals surface area contributed by atoms with Crippen LogP contribution in [0.1, 0.15) is 52.4 Å². The van der Waals surface area contributed by atoms with Crippen molar-refractivity contribution < 1.29 is 19.8 Å². The van der Waals surface area contributed by atoms with Gasteiger partial charge < -0.3 is 10.2 Å². The Bertz CT molecular complexity index is 281. The van der Waals surface area contributed by atoms with Crippen LogP contribution >= 0.6 is 23.5 Å². The lowest BCUT2D eigenvalue weighted by Gasteiger charge is -2.16. The normalized spacial score (nSPS) is 13.7. The topological polar surface area (TPSA) is 74.6 Å². The van der Waals surface area contributed by atoms with Gasteiger partial charge in [0.05, 0.1) is 11.8 Å². The maximum absolute atomic E-state index is 11.3. The first-order valence-electron chi connectivity index (χ1n) is 8.13. The summed E-state index contributed by atoms with van der Waals surface area (Å²) in [6.07, 6.45) is 4.04. The number of thioether (sulfide) groups is 2. The van der Waals surface area contributed by atoms with E-state index >= 15 is 0 Å². The Morgan fingerprint density at radius 2 is 1.14 bits per heavy atom. The van der Waals surface area contributed by atoms with E-state index in [2.05, 4.69) is 13.8 Å². The smallest absolute Gasteiger partial charge is 0.306 e. The molecule has 0 bridgehead atoms. The van der Waals surface area contributed by atoms with Gasteiger partial charge in [0.15, 0.2) is 0 Å². The molecule has 0 aromatic rings. The van der Waals surface area contributed by atoms with Gasteiger partial charge in [0.2, 0.25) is 0 Å². The second-order valence-electron chi connectivity index (χ2n) is 5.33. The quantitative estimate of drug-likeness (QED) is 0.430. The highest BCUT2D eigenvalue weighted by molar-refractivity contribution is 7.99. The first-order valence-corrected chi connectivity index (χ1v) is 10.4. The third-order valence-corrected chi connectivity index (χ3v) is 5.62. The molecule has 2 N–H and O–H groups in total. The van der Waals surface area contributed by atoms with E-state index in [4.69, 9.17) is 0 Å². The molecule has 130 valence electrons. The number of aliphatic carboxylic acids is 2. The van der Waals surface area contributed by atoms with Gasteiger partial charge in [-0.05, 0) is 61.5 Å². The lowest BCUT2D eigenvalue weighted by molar-refractivity contribution is -0.145. The van der Waals surface area contributed by atoms with Crippen LogP contribution in [0.25, 0.3) is 0 Å². The summed E-state index contributed by atoms with van der Waals surface area (Å²) in [6.45, 7) is 4.18. The molecular formula is C16H30O4S2. The fourth-order valence-corrected chi connectivity index (χ4v) is 3.66. The molecule has 0 saturated heterocycles. The summed E-state index contributed by atoms with van der Waals surface area (Å²) >= 11 is 3.63. The molecule has 0 amide bonds. The van der Waals surface area contributed by atoms with Crippen LogP contribution < -0.4 is 0 Å². The number of hydrogen-bond donors (Lipinski definition) is 2. The van der Waals surface area contributed by atoms with Crippen LogP contribution in [0.4, 0.5) is 0 Å². The predicted molar refractivity (Wildman–Crippen MR) is 96.0 cm³/mol. The molecule has 4 nitrogen and oxygen atoms in total. The molecule has 6 heteroatoms. The summed E-state index contributed by atoms with van der Waals surface area (Å²) in [4.78, 5) is 22.6. The largest absolute Gasteiger partial charge is 0.481 e. The first kappa shape index (κ1) is 21.6. The predicted octanol–water partition coefficient (Wildman–Crippen LogP) is 4.23. The van der Waals surface area contributed by atoms with Gasteiger partial charge in [-0.1, -0.05) is 13.8 Å². The van der Waals surface area contributed by atoms with Gasteiger partial charge >= 0.3 is 11.9 Å². The zero-order chi connectivity index (χ0) is 16.8. The van der Waals surface area contributed by atoms with Crippen molar-refractivity contribution in [3.8, 4) is 0 Å². The van der Waals surface area contributed by atoms with Crippen molar-refractivity contribution >= 4 is 35.5 Å². The second-order valence-corrected chi connectivity index (χ2v) is 8.11. The summed E-state index contributed by atoms with van der Waals surface area (Å²) in [5.74, 6) is 1.70. The summed E-state index contributed by atoms with van der Waals surface area (Å²) in [5.41, 5.74) is 0. The van der Waals surface area contributed by atoms with Gasteiger partial charge in [-0.25, -0.2) is 0 Å². The third kappa shape index (κ3) is 11.2. The number of carboxylic acids is 2. The van der Waals surface area contributed by atoms with Crippen LogP contribution in [0, 0.1) is 11.8 Å². The van der Waals surface area contributed by atoms with Crippen LogP contribution in [0.15, 0.2) is 0 Å². The highest BCUT2D eigenvalue weighted by Crippen LogP contribution is 2.22. The van der Waals surface area contributed by atoms with E-state index in [1.807, 2.05) is 23.5 Å². The van der Waals surface area contributed by atoms with Crippen molar-refractivity contribution in [2.24, 2.45) is 11.8 Å². The molecule has 0 unspecified atom stereocenters. The minimum atomic E-state index is -0.785. The van der Waals surface area contributed by atoms with Crippen molar-refractivity contribution in [3.05, 3.63) is 0 Å². The average molecular weight is 351 g/mol. The molecule has 0 aromatic heterocycles. The Labute approximate surface area is 142 Å². The molecular weight excluding hydrogens is 320 g/mol. The van der Waals surface area contributed by atoms with Crippen LogP contribution in [0.5, 0.6) is 0 Å². The monoisotopic (exact) mass is 350 g/mol. The van der Waals surface area contributed by atoms with E-state index in [9.17, 15) is 19.8 Å². The van der Waals surface area contributed by atoms with E-state index in [1.165, 1.54) is 0 Å². The van der Waals surface area contributed by atoms with Crippen molar-refractivity contribution in [1.29, 1.82) is 0 Å². The molecule has 22 heavy (non-hydrogen) atoms. The minimum Gasteiger partial charge on any atom is -0.481 e. The summed E-state index contributed by atoms with van der Waals surface area (Å²) in [6, 6.07) is 0. The Morgan fingerprint density at radius 3 is 1.41 bits per heavy atom. The highest BCUT2D eigenvalue weighted by atomic mass is 32.2. The summed E-state index contributed by atoms with van der Waals surface area (Å²) in [7, 11) is 0. The molecule has 0 saturated carbocycles. The number of rotatable bonds is 15. The van der Waals surface area contributed by atoms with Crippen molar-refractivity contribution in [3.63, 3.8) is 0 Å². The number of carbonyl (C=O) groups is 2. The van der Waals surface area contributed by atoms with E-state index in [0.29, 0.717) is 25.7 Å². The van der Waals surface area contributed by atoms with Crippen LogP contribution in [-0.4, -0.2) is 45.2 Å². The third-order valence-electron chi connectivity index (χ3n) is 3.65. The first-order chi connectivity index (χ1) is 10.5. The van der Waals surface area contributed by atoms with Gasteiger partial charge in [0, 0.05) is 0 Å². The maximum atomic E-state index is 11.3. The van der Waals surface area contributed by atoms with Crippen molar-refractivity contribution in [2.75, 3.05) is 23.0 Å². The molecule has 0 fully saturated rings. The molecule has 0 rings (SSSR count). The van der Waals surface area contributed by atoms with Gasteiger partial charge in [0.25, 0.3) is 0 Å². The molecule has 0 aliphatic carbocycles. The second kappa shape index (κ2) is 14.2. The molecule has 2 atom stereocenters. The fourth-order valence-electron chi connectivity index (χ4n) is 2.34. The summed E-state index contributed by atoms with van der Waals surface area (Å²) in [5, 5.41) is 18.5. The van der Waals surface area contributed by atoms with E-state index in [0.717, 1.165) is 35.9 Å². The Hall–Kier alpha value is -0.360. The zero-order valence-electron chi connectivity index (χ0n) is 13.8. The van der Waals surface area contributed by atoms with E-state index in [1.54, 1.807) is 0 Å². The maximum Gasteiger partial charge on any atom is 0.306 e. The Kier molecular flexibility index (Phi) is 14.0.